The first kappa shape index (κ1) is 14.6. The average Bonchev–Trinajstić information content (AvgIpc) is 2.59. The summed E-state index contributed by atoms with van der Waals surface area (Å²) in [5, 5.41) is 20.6. The summed E-state index contributed by atoms with van der Waals surface area (Å²) < 4.78 is 0. The Morgan fingerprint density at radius 2 is 1.57 bits per heavy atom. The standard InChI is InChI=1S/C20H13NO2/c21-13-19(11-14-5-7-16(8-6-14)20(22)23)18-10-9-15-3-1-2-4-17(15)12-18/h1-12H,(H,22,23). The summed E-state index contributed by atoms with van der Waals surface area (Å²) >= 11 is 0. The third-order valence-electron chi connectivity index (χ3n) is 3.65. The number of hydrogen-bond acceptors (Lipinski definition) is 2. The molecule has 0 fully saturated rings. The Kier molecular flexibility index (Phi) is 3.90. The van der Waals surface area contributed by atoms with Crippen LogP contribution in [0.4, 0.5) is 0 Å². The van der Waals surface area contributed by atoms with Crippen LogP contribution in [-0.2, 0) is 0 Å². The fourth-order valence-corrected chi connectivity index (χ4v) is 2.43. The van der Waals surface area contributed by atoms with Crippen molar-refractivity contribution in [1.82, 2.24) is 0 Å². The molecule has 110 valence electrons. The number of aromatic carboxylic acids is 1. The number of benzene rings is 3. The largest absolute Gasteiger partial charge is 0.478 e. The van der Waals surface area contributed by atoms with Crippen LogP contribution in [0.2, 0.25) is 0 Å². The Balaban J connectivity index is 2.00. The van der Waals surface area contributed by atoms with Gasteiger partial charge in [0.15, 0.2) is 0 Å². The first-order chi connectivity index (χ1) is 11.2. The summed E-state index contributed by atoms with van der Waals surface area (Å²) in [7, 11) is 0. The molecule has 0 amide bonds. The van der Waals surface area contributed by atoms with Gasteiger partial charge in [-0.25, -0.2) is 4.79 Å². The molecule has 3 aromatic rings. The molecule has 3 heteroatoms. The Morgan fingerprint density at radius 1 is 0.913 bits per heavy atom. The number of carbonyl (C=O) groups is 1. The van der Waals surface area contributed by atoms with Crippen molar-refractivity contribution >= 4 is 28.4 Å². The molecule has 3 aromatic carbocycles. The van der Waals surface area contributed by atoms with Crippen molar-refractivity contribution in [2.45, 2.75) is 0 Å². The van der Waals surface area contributed by atoms with E-state index in [1.54, 1.807) is 18.2 Å². The number of hydrogen-bond donors (Lipinski definition) is 1. The third-order valence-corrected chi connectivity index (χ3v) is 3.65. The third kappa shape index (κ3) is 3.12. The summed E-state index contributed by atoms with van der Waals surface area (Å²) in [4.78, 5) is 10.9. The Bertz CT molecular complexity index is 947. The second-order valence-corrected chi connectivity index (χ2v) is 5.16. The highest BCUT2D eigenvalue weighted by atomic mass is 16.4. The van der Waals surface area contributed by atoms with Crippen LogP contribution in [0.1, 0.15) is 21.5 Å². The lowest BCUT2D eigenvalue weighted by atomic mass is 10.00. The van der Waals surface area contributed by atoms with E-state index in [1.165, 1.54) is 12.1 Å². The molecule has 23 heavy (non-hydrogen) atoms. The molecule has 3 rings (SSSR count). The predicted octanol–water partition coefficient (Wildman–Crippen LogP) is 4.60. The maximum atomic E-state index is 10.9. The van der Waals surface area contributed by atoms with E-state index >= 15 is 0 Å². The van der Waals surface area contributed by atoms with E-state index in [1.807, 2.05) is 42.5 Å². The maximum absolute atomic E-state index is 10.9. The van der Waals surface area contributed by atoms with Crippen molar-refractivity contribution in [3.63, 3.8) is 0 Å². The molecule has 1 N–H and O–H groups in total. The van der Waals surface area contributed by atoms with Gasteiger partial charge in [-0.1, -0.05) is 48.5 Å². The number of nitriles is 1. The molecule has 0 aliphatic rings. The van der Waals surface area contributed by atoms with Crippen LogP contribution in [0.25, 0.3) is 22.4 Å². The van der Waals surface area contributed by atoms with Gasteiger partial charge in [0.2, 0.25) is 0 Å². The van der Waals surface area contributed by atoms with E-state index in [0.29, 0.717) is 5.57 Å². The summed E-state index contributed by atoms with van der Waals surface area (Å²) in [6.07, 6.45) is 1.76. The molecule has 0 aromatic heterocycles. The molecule has 0 heterocycles. The fourth-order valence-electron chi connectivity index (χ4n) is 2.43. The van der Waals surface area contributed by atoms with E-state index in [9.17, 15) is 10.1 Å². The molecule has 0 bridgehead atoms. The molecule has 0 saturated heterocycles. The van der Waals surface area contributed by atoms with Gasteiger partial charge in [-0.2, -0.15) is 5.26 Å². The molecule has 3 nitrogen and oxygen atoms in total. The number of carboxylic acids is 1. The number of allylic oxidation sites excluding steroid dienone is 1. The molecule has 0 atom stereocenters. The monoisotopic (exact) mass is 299 g/mol. The van der Waals surface area contributed by atoms with Crippen LogP contribution in [0.5, 0.6) is 0 Å². The lowest BCUT2D eigenvalue weighted by Crippen LogP contribution is -1.94. The minimum absolute atomic E-state index is 0.228. The number of nitrogens with zero attached hydrogens (tertiary/aromatic N) is 1. The van der Waals surface area contributed by atoms with Crippen molar-refractivity contribution in [2.24, 2.45) is 0 Å². The van der Waals surface area contributed by atoms with Gasteiger partial charge in [-0.3, -0.25) is 0 Å². The zero-order valence-electron chi connectivity index (χ0n) is 12.2. The zero-order chi connectivity index (χ0) is 16.2. The Hall–Kier alpha value is -3.38. The second kappa shape index (κ2) is 6.17. The van der Waals surface area contributed by atoms with Gasteiger partial charge in [0.05, 0.1) is 17.2 Å². The summed E-state index contributed by atoms with van der Waals surface area (Å²) in [6, 6.07) is 22.5. The highest BCUT2D eigenvalue weighted by Gasteiger charge is 2.04. The van der Waals surface area contributed by atoms with Gasteiger partial charge in [0.25, 0.3) is 0 Å². The summed E-state index contributed by atoms with van der Waals surface area (Å²) in [6.45, 7) is 0. The number of rotatable bonds is 3. The lowest BCUT2D eigenvalue weighted by molar-refractivity contribution is 0.0697. The molecular formula is C20H13NO2. The van der Waals surface area contributed by atoms with Crippen LogP contribution in [0.3, 0.4) is 0 Å². The van der Waals surface area contributed by atoms with Crippen molar-refractivity contribution in [1.29, 1.82) is 5.26 Å². The van der Waals surface area contributed by atoms with Crippen molar-refractivity contribution < 1.29 is 9.90 Å². The van der Waals surface area contributed by atoms with Crippen LogP contribution in [0.15, 0.2) is 66.7 Å². The molecule has 0 saturated carbocycles. The first-order valence-electron chi connectivity index (χ1n) is 7.12. The van der Waals surface area contributed by atoms with Gasteiger partial charge in [0, 0.05) is 0 Å². The fraction of sp³-hybridized carbons (Fsp3) is 0. The topological polar surface area (TPSA) is 61.1 Å². The molecule has 0 radical (unpaired) electrons. The lowest BCUT2D eigenvalue weighted by Gasteiger charge is -2.03. The van der Waals surface area contributed by atoms with E-state index in [-0.39, 0.29) is 5.56 Å². The smallest absolute Gasteiger partial charge is 0.335 e. The summed E-state index contributed by atoms with van der Waals surface area (Å²) in [5.74, 6) is -0.962. The van der Waals surface area contributed by atoms with Crippen molar-refractivity contribution in [3.05, 3.63) is 83.4 Å². The van der Waals surface area contributed by atoms with Gasteiger partial charge in [-0.15, -0.1) is 0 Å². The number of fused-ring (bicyclic) bond motifs is 1. The highest BCUT2D eigenvalue weighted by Crippen LogP contribution is 2.23. The van der Waals surface area contributed by atoms with E-state index in [2.05, 4.69) is 6.07 Å². The minimum Gasteiger partial charge on any atom is -0.478 e. The van der Waals surface area contributed by atoms with Crippen molar-refractivity contribution in [3.8, 4) is 6.07 Å². The SMILES string of the molecule is N#CC(=Cc1ccc(C(=O)O)cc1)c1ccc2ccccc2c1. The van der Waals surface area contributed by atoms with Gasteiger partial charge in [0.1, 0.15) is 0 Å². The minimum atomic E-state index is -0.962. The van der Waals surface area contributed by atoms with Crippen LogP contribution in [0, 0.1) is 11.3 Å². The van der Waals surface area contributed by atoms with Crippen LogP contribution < -0.4 is 0 Å². The highest BCUT2D eigenvalue weighted by molar-refractivity contribution is 5.94. The number of carboxylic acid groups (broad SMARTS) is 1. The average molecular weight is 299 g/mol. The Morgan fingerprint density at radius 3 is 2.22 bits per heavy atom. The van der Waals surface area contributed by atoms with Crippen LogP contribution >= 0.6 is 0 Å². The van der Waals surface area contributed by atoms with Gasteiger partial charge < -0.3 is 5.11 Å². The quantitative estimate of drug-likeness (QED) is 0.568. The normalized spacial score (nSPS) is 11.2. The molecule has 0 aliphatic carbocycles. The van der Waals surface area contributed by atoms with Gasteiger partial charge in [-0.05, 0) is 46.2 Å². The second-order valence-electron chi connectivity index (χ2n) is 5.16. The van der Waals surface area contributed by atoms with Crippen molar-refractivity contribution in [2.75, 3.05) is 0 Å². The van der Waals surface area contributed by atoms with Crippen LogP contribution in [-0.4, -0.2) is 11.1 Å². The van der Waals surface area contributed by atoms with E-state index < -0.39 is 5.97 Å². The molecular weight excluding hydrogens is 286 g/mol. The first-order valence-corrected chi connectivity index (χ1v) is 7.12. The predicted molar refractivity (Wildman–Crippen MR) is 90.8 cm³/mol. The molecule has 0 unspecified atom stereocenters. The molecule has 0 spiro atoms. The molecule has 0 aliphatic heterocycles. The maximum Gasteiger partial charge on any atom is 0.335 e. The summed E-state index contributed by atoms with van der Waals surface area (Å²) in [5.41, 5.74) is 2.40. The van der Waals surface area contributed by atoms with E-state index in [0.717, 1.165) is 21.9 Å². The Labute approximate surface area is 133 Å². The van der Waals surface area contributed by atoms with Gasteiger partial charge >= 0.3 is 5.97 Å². The van der Waals surface area contributed by atoms with E-state index in [4.69, 9.17) is 5.11 Å². The zero-order valence-corrected chi connectivity index (χ0v) is 12.2.